The van der Waals surface area contributed by atoms with Crippen molar-refractivity contribution in [2.24, 2.45) is 5.41 Å². The Hall–Kier alpha value is -3.11. The van der Waals surface area contributed by atoms with E-state index in [-0.39, 0.29) is 11.9 Å². The molecule has 1 aromatic heterocycles. The lowest BCUT2D eigenvalue weighted by atomic mass is 9.74. The van der Waals surface area contributed by atoms with Crippen molar-refractivity contribution >= 4 is 34.3 Å². The van der Waals surface area contributed by atoms with E-state index in [1.165, 1.54) is 16.2 Å². The number of amides is 2. The Kier molecular flexibility index (Phi) is 8.08. The van der Waals surface area contributed by atoms with E-state index in [2.05, 4.69) is 4.90 Å². The lowest BCUT2D eigenvalue weighted by Crippen LogP contribution is -2.53. The molecule has 0 radical (unpaired) electrons. The van der Waals surface area contributed by atoms with Crippen LogP contribution in [0.1, 0.15) is 77.1 Å². The fourth-order valence-corrected chi connectivity index (χ4v) is 8.30. The molecule has 1 atom stereocenters. The van der Waals surface area contributed by atoms with Crippen molar-refractivity contribution in [1.82, 2.24) is 9.80 Å². The maximum Gasteiger partial charge on any atom is 0.412 e. The number of nitrogens with zero attached hydrogens (tertiary/aromatic N) is 3. The van der Waals surface area contributed by atoms with E-state index < -0.39 is 22.6 Å². The number of anilines is 1. The Bertz CT molecular complexity index is 1360. The molecule has 9 nitrogen and oxygen atoms in total. The molecule has 4 heterocycles. The summed E-state index contributed by atoms with van der Waals surface area (Å²) in [5.74, 6) is 0.473. The van der Waals surface area contributed by atoms with Gasteiger partial charge < -0.3 is 19.5 Å². The van der Waals surface area contributed by atoms with Crippen molar-refractivity contribution in [3.8, 4) is 16.2 Å². The molecule has 228 valence electrons. The summed E-state index contributed by atoms with van der Waals surface area (Å²) < 4.78 is 11.1. The van der Waals surface area contributed by atoms with E-state index in [0.29, 0.717) is 42.0 Å². The number of hydrogen-bond donors (Lipinski definition) is 1. The second kappa shape index (κ2) is 11.2. The van der Waals surface area contributed by atoms with Crippen LogP contribution in [0.4, 0.5) is 9.80 Å². The van der Waals surface area contributed by atoms with E-state index in [1.54, 1.807) is 7.11 Å². The van der Waals surface area contributed by atoms with Crippen LogP contribution in [0.2, 0.25) is 0 Å². The summed E-state index contributed by atoms with van der Waals surface area (Å²) >= 11 is 1.31. The number of carbonyl (C=O) groups excluding carboxylic acids is 2. The van der Waals surface area contributed by atoms with E-state index in [0.717, 1.165) is 49.1 Å². The average molecular weight is 598 g/mol. The van der Waals surface area contributed by atoms with Gasteiger partial charge in [-0.3, -0.25) is 19.4 Å². The van der Waals surface area contributed by atoms with Gasteiger partial charge in [-0.15, -0.1) is 11.3 Å². The second-order valence-corrected chi connectivity index (χ2v) is 14.6. The zero-order valence-corrected chi connectivity index (χ0v) is 26.4. The third-order valence-corrected chi connectivity index (χ3v) is 9.97. The first-order valence-corrected chi connectivity index (χ1v) is 15.6. The Balaban J connectivity index is 1.36. The fraction of sp³-hybridized carbons (Fsp3) is 0.594. The predicted molar refractivity (Wildman–Crippen MR) is 164 cm³/mol. The summed E-state index contributed by atoms with van der Waals surface area (Å²) in [5, 5.41) is 10.6. The molecule has 1 aromatic carbocycles. The van der Waals surface area contributed by atoms with Crippen LogP contribution < -0.4 is 9.64 Å². The number of thiophene rings is 1. The lowest BCUT2D eigenvalue weighted by molar-refractivity contribution is -0.154. The predicted octanol–water partition coefficient (Wildman–Crippen LogP) is 6.12. The number of rotatable bonds is 5. The molecule has 0 bridgehead atoms. The molecule has 42 heavy (non-hydrogen) atoms. The van der Waals surface area contributed by atoms with Crippen LogP contribution in [0.15, 0.2) is 30.3 Å². The Morgan fingerprint density at radius 3 is 2.45 bits per heavy atom. The molecule has 3 saturated heterocycles. The molecule has 3 aliphatic heterocycles. The highest BCUT2D eigenvalue weighted by atomic mass is 32.1. The average Bonchev–Trinajstić information content (AvgIpc) is 3.44. The summed E-state index contributed by atoms with van der Waals surface area (Å²) in [6.45, 7) is 12.3. The van der Waals surface area contributed by atoms with Crippen LogP contribution in [0.25, 0.3) is 10.4 Å². The van der Waals surface area contributed by atoms with Gasteiger partial charge in [0.15, 0.2) is 0 Å². The number of cyclic esters (lactones) is 1. The summed E-state index contributed by atoms with van der Waals surface area (Å²) in [4.78, 5) is 45.8. The third kappa shape index (κ3) is 5.88. The normalized spacial score (nSPS) is 23.2. The van der Waals surface area contributed by atoms with E-state index in [9.17, 15) is 19.5 Å². The van der Waals surface area contributed by atoms with Crippen molar-refractivity contribution in [2.45, 2.75) is 83.9 Å². The number of carbonyl (C=O) groups is 3. The number of likely N-dealkylation sites (tertiary alicyclic amines) is 2. The van der Waals surface area contributed by atoms with Crippen molar-refractivity contribution < 1.29 is 29.0 Å². The molecule has 3 aliphatic rings. The molecule has 1 N–H and O–H groups in total. The topological polar surface area (TPSA) is 99.6 Å². The number of benzene rings is 1. The lowest BCUT2D eigenvalue weighted by Gasteiger charge is -2.45. The maximum atomic E-state index is 14.1. The molecule has 2 amide bonds. The number of methoxy groups -OCH3 is 1. The Morgan fingerprint density at radius 2 is 1.86 bits per heavy atom. The first kappa shape index (κ1) is 30.4. The van der Waals surface area contributed by atoms with Gasteiger partial charge in [0.25, 0.3) is 5.91 Å². The molecule has 0 saturated carbocycles. The van der Waals surface area contributed by atoms with Gasteiger partial charge in [-0.05, 0) is 90.6 Å². The monoisotopic (exact) mass is 597 g/mol. The van der Waals surface area contributed by atoms with E-state index in [4.69, 9.17) is 9.47 Å². The van der Waals surface area contributed by atoms with Gasteiger partial charge in [0.1, 0.15) is 16.4 Å². The SMILES string of the molecule is COc1cccc(-c2cc(C(=O)N3CCC(N4CCCC5(C4)CC(C)(C)OC5=O)CC3)c(N(C(=O)O)C(C)(C)C)s2)c1. The zero-order chi connectivity index (χ0) is 30.4. The molecule has 0 aliphatic carbocycles. The number of carboxylic acid groups (broad SMARTS) is 1. The van der Waals surface area contributed by atoms with Crippen LogP contribution in [0, 0.1) is 5.41 Å². The molecular weight excluding hydrogens is 554 g/mol. The largest absolute Gasteiger partial charge is 0.497 e. The highest BCUT2D eigenvalue weighted by Gasteiger charge is 2.54. The summed E-state index contributed by atoms with van der Waals surface area (Å²) in [7, 11) is 1.60. The smallest absolute Gasteiger partial charge is 0.412 e. The van der Waals surface area contributed by atoms with Gasteiger partial charge in [0.05, 0.1) is 18.1 Å². The van der Waals surface area contributed by atoms with E-state index >= 15 is 0 Å². The van der Waals surface area contributed by atoms with Gasteiger partial charge >= 0.3 is 12.1 Å². The third-order valence-electron chi connectivity index (χ3n) is 8.80. The Morgan fingerprint density at radius 1 is 1.14 bits per heavy atom. The molecule has 1 unspecified atom stereocenters. The molecular formula is C32H43N3O6S. The van der Waals surface area contributed by atoms with Gasteiger partial charge in [0.2, 0.25) is 0 Å². The molecule has 5 rings (SSSR count). The standard InChI is InChI=1S/C32H43N3O6S/c1-30(2,3)35(29(38)39)27-24(18-25(42-27)21-9-7-10-23(17-21)40-6)26(36)33-15-11-22(12-16-33)34-14-8-13-32(20-34)19-31(4,5)41-28(32)37/h7,9-10,17-18,22H,8,11-16,19-20H2,1-6H3,(H,38,39). The molecule has 1 spiro atoms. The quantitative estimate of drug-likeness (QED) is 0.415. The second-order valence-electron chi connectivity index (χ2n) is 13.6. The van der Waals surface area contributed by atoms with Crippen LogP contribution >= 0.6 is 11.3 Å². The fourth-order valence-electron chi connectivity index (χ4n) is 6.97. The Labute approximate surface area is 252 Å². The van der Waals surface area contributed by atoms with Gasteiger partial charge in [-0.2, -0.15) is 0 Å². The zero-order valence-electron chi connectivity index (χ0n) is 25.6. The number of esters is 1. The summed E-state index contributed by atoms with van der Waals surface area (Å²) in [5.41, 5.74) is -0.324. The van der Waals surface area contributed by atoms with Crippen LogP contribution in [-0.2, 0) is 9.53 Å². The first-order valence-electron chi connectivity index (χ1n) is 14.8. The van der Waals surface area contributed by atoms with Crippen LogP contribution in [0.3, 0.4) is 0 Å². The highest BCUT2D eigenvalue weighted by Crippen LogP contribution is 2.47. The maximum absolute atomic E-state index is 14.1. The number of piperidine rings is 2. The van der Waals surface area contributed by atoms with Crippen LogP contribution in [-0.4, -0.2) is 83.3 Å². The number of ether oxygens (including phenoxy) is 2. The van der Waals surface area contributed by atoms with Crippen molar-refractivity contribution in [2.75, 3.05) is 38.2 Å². The van der Waals surface area contributed by atoms with Gasteiger partial charge in [-0.1, -0.05) is 12.1 Å². The minimum atomic E-state index is -1.10. The van der Waals surface area contributed by atoms with Gasteiger partial charge in [-0.25, -0.2) is 4.79 Å². The molecule has 3 fully saturated rings. The first-order chi connectivity index (χ1) is 19.7. The minimum absolute atomic E-state index is 0.0662. The van der Waals surface area contributed by atoms with Crippen molar-refractivity contribution in [3.63, 3.8) is 0 Å². The minimum Gasteiger partial charge on any atom is -0.497 e. The molecule has 10 heteroatoms. The summed E-state index contributed by atoms with van der Waals surface area (Å²) in [6.07, 6.45) is 3.11. The van der Waals surface area contributed by atoms with E-state index in [1.807, 2.05) is 69.9 Å². The number of hydrogen-bond acceptors (Lipinski definition) is 7. The van der Waals surface area contributed by atoms with Crippen molar-refractivity contribution in [3.05, 3.63) is 35.9 Å². The molecule has 2 aromatic rings. The van der Waals surface area contributed by atoms with Crippen LogP contribution in [0.5, 0.6) is 5.75 Å². The highest BCUT2D eigenvalue weighted by molar-refractivity contribution is 7.20. The van der Waals surface area contributed by atoms with Gasteiger partial charge in [0, 0.05) is 42.5 Å². The van der Waals surface area contributed by atoms with Crippen molar-refractivity contribution in [1.29, 1.82) is 0 Å². The summed E-state index contributed by atoms with van der Waals surface area (Å²) in [6, 6.07) is 9.69.